The van der Waals surface area contributed by atoms with E-state index in [0.717, 1.165) is 31.2 Å². The van der Waals surface area contributed by atoms with E-state index in [2.05, 4.69) is 0 Å². The van der Waals surface area contributed by atoms with Crippen molar-refractivity contribution in [3.05, 3.63) is 35.6 Å². The van der Waals surface area contributed by atoms with Crippen molar-refractivity contribution in [2.45, 2.75) is 39.2 Å². The van der Waals surface area contributed by atoms with E-state index < -0.39 is 0 Å². The number of carbonyl (C=O) groups is 2. The standard InChI is InChI=1S/C19H25FN2O2/c1-2-21(13-14-4-3-5-17(20)12-14)18(23)16-8-10-22(11-9-16)19(24)15-6-7-15/h3-5,12,15-16H,2,6-11,13H2,1H3. The zero-order valence-corrected chi connectivity index (χ0v) is 14.2. The van der Waals surface area contributed by atoms with Crippen molar-refractivity contribution in [3.8, 4) is 0 Å². The highest BCUT2D eigenvalue weighted by atomic mass is 19.1. The molecule has 0 radical (unpaired) electrons. The van der Waals surface area contributed by atoms with Gasteiger partial charge in [0.05, 0.1) is 0 Å². The van der Waals surface area contributed by atoms with Gasteiger partial charge in [0.25, 0.3) is 0 Å². The number of piperidine rings is 1. The summed E-state index contributed by atoms with van der Waals surface area (Å²) in [5, 5.41) is 0. The molecule has 2 aliphatic rings. The van der Waals surface area contributed by atoms with Crippen LogP contribution in [0.15, 0.2) is 24.3 Å². The Bertz CT molecular complexity index is 607. The topological polar surface area (TPSA) is 40.6 Å². The highest BCUT2D eigenvalue weighted by molar-refractivity contribution is 5.82. The molecular formula is C19H25FN2O2. The van der Waals surface area contributed by atoms with Gasteiger partial charge in [-0.25, -0.2) is 4.39 Å². The molecule has 1 saturated carbocycles. The van der Waals surface area contributed by atoms with Gasteiger partial charge < -0.3 is 9.80 Å². The third kappa shape index (κ3) is 3.94. The normalized spacial score (nSPS) is 18.5. The van der Waals surface area contributed by atoms with Crippen LogP contribution >= 0.6 is 0 Å². The van der Waals surface area contributed by atoms with E-state index in [-0.39, 0.29) is 29.5 Å². The summed E-state index contributed by atoms with van der Waals surface area (Å²) in [7, 11) is 0. The number of hydrogen-bond donors (Lipinski definition) is 0. The lowest BCUT2D eigenvalue weighted by molar-refractivity contribution is -0.141. The summed E-state index contributed by atoms with van der Waals surface area (Å²) in [6, 6.07) is 6.40. The highest BCUT2D eigenvalue weighted by Crippen LogP contribution is 2.32. The molecule has 0 bridgehead atoms. The van der Waals surface area contributed by atoms with Crippen molar-refractivity contribution < 1.29 is 14.0 Å². The SMILES string of the molecule is CCN(Cc1cccc(F)c1)C(=O)C1CCN(C(=O)C2CC2)CC1. The van der Waals surface area contributed by atoms with Crippen LogP contribution in [0.5, 0.6) is 0 Å². The predicted octanol–water partition coefficient (Wildman–Crippen LogP) is 2.82. The van der Waals surface area contributed by atoms with Crippen LogP contribution in [0.1, 0.15) is 38.2 Å². The van der Waals surface area contributed by atoms with Crippen molar-refractivity contribution in [3.63, 3.8) is 0 Å². The van der Waals surface area contributed by atoms with Gasteiger partial charge >= 0.3 is 0 Å². The first-order valence-corrected chi connectivity index (χ1v) is 8.90. The summed E-state index contributed by atoms with van der Waals surface area (Å²) in [4.78, 5) is 28.6. The zero-order chi connectivity index (χ0) is 17.1. The van der Waals surface area contributed by atoms with Gasteiger partial charge in [0, 0.05) is 38.0 Å². The number of benzene rings is 1. The van der Waals surface area contributed by atoms with Gasteiger partial charge in [-0.1, -0.05) is 12.1 Å². The van der Waals surface area contributed by atoms with E-state index in [0.29, 0.717) is 26.2 Å². The minimum Gasteiger partial charge on any atom is -0.342 e. The van der Waals surface area contributed by atoms with Crippen LogP contribution in [0, 0.1) is 17.7 Å². The summed E-state index contributed by atoms with van der Waals surface area (Å²) in [5.74, 6) is 0.343. The largest absolute Gasteiger partial charge is 0.342 e. The molecule has 0 spiro atoms. The minimum absolute atomic E-state index is 0.0261. The van der Waals surface area contributed by atoms with E-state index in [1.807, 2.05) is 17.9 Å². The molecule has 4 nitrogen and oxygen atoms in total. The summed E-state index contributed by atoms with van der Waals surface area (Å²) in [6.45, 7) is 4.36. The lowest BCUT2D eigenvalue weighted by atomic mass is 9.94. The van der Waals surface area contributed by atoms with Crippen molar-refractivity contribution in [2.75, 3.05) is 19.6 Å². The number of amides is 2. The predicted molar refractivity (Wildman–Crippen MR) is 89.5 cm³/mol. The van der Waals surface area contributed by atoms with Gasteiger partial charge in [-0.05, 0) is 50.3 Å². The van der Waals surface area contributed by atoms with Gasteiger partial charge in [0.15, 0.2) is 0 Å². The van der Waals surface area contributed by atoms with E-state index >= 15 is 0 Å². The molecule has 0 N–H and O–H groups in total. The van der Waals surface area contributed by atoms with Gasteiger partial charge in [0.2, 0.25) is 11.8 Å². The van der Waals surface area contributed by atoms with E-state index in [1.165, 1.54) is 12.1 Å². The summed E-state index contributed by atoms with van der Waals surface area (Å²) < 4.78 is 13.3. The maximum Gasteiger partial charge on any atom is 0.226 e. The van der Waals surface area contributed by atoms with E-state index in [1.54, 1.807) is 11.0 Å². The van der Waals surface area contributed by atoms with Crippen LogP contribution in [0.4, 0.5) is 4.39 Å². The highest BCUT2D eigenvalue weighted by Gasteiger charge is 2.36. The Balaban J connectivity index is 1.55. The first kappa shape index (κ1) is 16.9. The number of hydrogen-bond acceptors (Lipinski definition) is 2. The fourth-order valence-electron chi connectivity index (χ4n) is 3.39. The second kappa shape index (κ2) is 7.32. The van der Waals surface area contributed by atoms with Crippen molar-refractivity contribution >= 4 is 11.8 Å². The Morgan fingerprint density at radius 1 is 1.17 bits per heavy atom. The molecule has 2 amide bonds. The fraction of sp³-hybridized carbons (Fsp3) is 0.579. The maximum absolute atomic E-state index is 13.3. The third-order valence-electron chi connectivity index (χ3n) is 5.04. The fourth-order valence-corrected chi connectivity index (χ4v) is 3.39. The number of likely N-dealkylation sites (tertiary alicyclic amines) is 1. The summed E-state index contributed by atoms with van der Waals surface area (Å²) >= 11 is 0. The summed E-state index contributed by atoms with van der Waals surface area (Å²) in [5.41, 5.74) is 0.812. The molecule has 0 unspecified atom stereocenters. The molecule has 1 aromatic rings. The molecule has 1 saturated heterocycles. The van der Waals surface area contributed by atoms with Gasteiger partial charge in [-0.2, -0.15) is 0 Å². The molecule has 1 heterocycles. The molecule has 5 heteroatoms. The van der Waals surface area contributed by atoms with Crippen LogP contribution in [0.3, 0.4) is 0 Å². The molecule has 0 aromatic heterocycles. The molecule has 130 valence electrons. The lowest BCUT2D eigenvalue weighted by Crippen LogP contribution is -2.44. The Morgan fingerprint density at radius 2 is 1.88 bits per heavy atom. The maximum atomic E-state index is 13.3. The molecule has 3 rings (SSSR count). The molecule has 2 fully saturated rings. The number of nitrogens with zero attached hydrogens (tertiary/aromatic N) is 2. The van der Waals surface area contributed by atoms with Gasteiger partial charge in [-0.15, -0.1) is 0 Å². The van der Waals surface area contributed by atoms with Crippen LogP contribution in [-0.4, -0.2) is 41.2 Å². The number of halogens is 1. The lowest BCUT2D eigenvalue weighted by Gasteiger charge is -2.34. The quantitative estimate of drug-likeness (QED) is 0.832. The first-order valence-electron chi connectivity index (χ1n) is 8.90. The number of carbonyl (C=O) groups excluding carboxylic acids is 2. The molecule has 1 aliphatic carbocycles. The van der Waals surface area contributed by atoms with Crippen LogP contribution < -0.4 is 0 Å². The first-order chi connectivity index (χ1) is 11.6. The number of rotatable bonds is 5. The smallest absolute Gasteiger partial charge is 0.226 e. The molecule has 24 heavy (non-hydrogen) atoms. The second-order valence-electron chi connectivity index (χ2n) is 6.86. The zero-order valence-electron chi connectivity index (χ0n) is 14.2. The van der Waals surface area contributed by atoms with Gasteiger partial charge in [-0.3, -0.25) is 9.59 Å². The Kier molecular flexibility index (Phi) is 5.17. The van der Waals surface area contributed by atoms with Crippen molar-refractivity contribution in [1.82, 2.24) is 9.80 Å². The molecular weight excluding hydrogens is 307 g/mol. The average Bonchev–Trinajstić information content (AvgIpc) is 3.44. The Morgan fingerprint density at radius 3 is 2.46 bits per heavy atom. The molecule has 1 aromatic carbocycles. The minimum atomic E-state index is -0.275. The average molecular weight is 332 g/mol. The van der Waals surface area contributed by atoms with E-state index in [4.69, 9.17) is 0 Å². The van der Waals surface area contributed by atoms with Crippen molar-refractivity contribution in [2.24, 2.45) is 11.8 Å². The van der Waals surface area contributed by atoms with Gasteiger partial charge in [0.1, 0.15) is 5.82 Å². The van der Waals surface area contributed by atoms with Crippen molar-refractivity contribution in [1.29, 1.82) is 0 Å². The second-order valence-corrected chi connectivity index (χ2v) is 6.86. The van der Waals surface area contributed by atoms with E-state index in [9.17, 15) is 14.0 Å². The van der Waals surface area contributed by atoms with Crippen LogP contribution in [0.2, 0.25) is 0 Å². The molecule has 1 aliphatic heterocycles. The Labute approximate surface area is 142 Å². The van der Waals surface area contributed by atoms with Crippen LogP contribution in [-0.2, 0) is 16.1 Å². The molecule has 0 atom stereocenters. The monoisotopic (exact) mass is 332 g/mol. The summed E-state index contributed by atoms with van der Waals surface area (Å²) in [6.07, 6.45) is 3.51. The Hall–Kier alpha value is -1.91. The van der Waals surface area contributed by atoms with Crippen LogP contribution in [0.25, 0.3) is 0 Å². The third-order valence-corrected chi connectivity index (χ3v) is 5.04.